The van der Waals surface area contributed by atoms with E-state index in [2.05, 4.69) is 26.1 Å². The highest BCUT2D eigenvalue weighted by Crippen LogP contribution is 2.42. The van der Waals surface area contributed by atoms with Crippen LogP contribution in [0.25, 0.3) is 0 Å². The fourth-order valence-electron chi connectivity index (χ4n) is 10.4. The molecule has 6 atom stereocenters. The first-order valence-corrected chi connectivity index (χ1v) is 32.8. The van der Waals surface area contributed by atoms with E-state index in [-0.39, 0.29) is 12.8 Å². The average Bonchev–Trinajstić information content (AvgIpc) is 3.36. The second kappa shape index (κ2) is 49.7. The number of rotatable bonds is 54. The number of nitrogens with one attached hydrogen (secondary N) is 1. The van der Waals surface area contributed by atoms with E-state index in [1.807, 2.05) is 0 Å². The first-order valence-electron chi connectivity index (χ1n) is 31.3. The first-order chi connectivity index (χ1) is 35.9. The van der Waals surface area contributed by atoms with Gasteiger partial charge < -0.3 is 39.5 Å². The highest BCUT2D eigenvalue weighted by molar-refractivity contribution is 7.46. The average molecular weight is 1070 g/mol. The zero-order valence-electron chi connectivity index (χ0n) is 47.9. The fraction of sp³-hybridized carbons (Fsp3) is 0.950. The number of esters is 2. The molecule has 5 N–H and O–H groups in total. The van der Waals surface area contributed by atoms with Crippen molar-refractivity contribution in [2.24, 2.45) is 0 Å². The third-order valence-corrected chi connectivity index (χ3v) is 15.5. The summed E-state index contributed by atoms with van der Waals surface area (Å²) in [7, 11) is -5.28. The van der Waals surface area contributed by atoms with Gasteiger partial charge in [-0.2, -0.15) is 0 Å². The molecule has 0 aromatic carbocycles. The molecule has 1 amide bonds. The van der Waals surface area contributed by atoms with Gasteiger partial charge in [-0.1, -0.05) is 284 Å². The summed E-state index contributed by atoms with van der Waals surface area (Å²) in [5, 5.41) is 24.1. The van der Waals surface area contributed by atoms with E-state index in [0.717, 1.165) is 77.0 Å². The van der Waals surface area contributed by atoms with E-state index < -0.39 is 75.4 Å². The molecule has 0 aromatic rings. The van der Waals surface area contributed by atoms with Crippen molar-refractivity contribution in [3.8, 4) is 0 Å². The Morgan fingerprint density at radius 1 is 0.473 bits per heavy atom. The summed E-state index contributed by atoms with van der Waals surface area (Å²) in [5.74, 6) is -1.95. The Labute approximate surface area is 452 Å². The van der Waals surface area contributed by atoms with Gasteiger partial charge in [-0.3, -0.25) is 18.9 Å². The molecule has 74 heavy (non-hydrogen) atoms. The minimum atomic E-state index is -5.28. The van der Waals surface area contributed by atoms with Crippen molar-refractivity contribution in [3.63, 3.8) is 0 Å². The van der Waals surface area contributed by atoms with Crippen molar-refractivity contribution < 1.29 is 57.7 Å². The third-order valence-electron chi connectivity index (χ3n) is 15.0. The zero-order valence-corrected chi connectivity index (χ0v) is 48.8. The van der Waals surface area contributed by atoms with Crippen LogP contribution in [0.5, 0.6) is 0 Å². The number of aliphatic hydroxyl groups excluding tert-OH is 2. The molecule has 438 valence electrons. The minimum absolute atomic E-state index is 0.0694. The molecule has 14 heteroatoms. The largest absolute Gasteiger partial charge is 0.470 e. The van der Waals surface area contributed by atoms with Crippen LogP contribution in [0.2, 0.25) is 0 Å². The van der Waals surface area contributed by atoms with E-state index in [9.17, 15) is 38.9 Å². The van der Waals surface area contributed by atoms with Crippen molar-refractivity contribution >= 4 is 25.7 Å². The molecule has 1 aliphatic heterocycles. The maximum absolute atomic E-state index is 13.6. The predicted molar refractivity (Wildman–Crippen MR) is 301 cm³/mol. The lowest BCUT2D eigenvalue weighted by Gasteiger charge is -2.44. The van der Waals surface area contributed by atoms with E-state index in [1.165, 1.54) is 186 Å². The molecule has 0 aromatic heterocycles. The van der Waals surface area contributed by atoms with Crippen molar-refractivity contribution in [1.29, 1.82) is 0 Å². The Bertz CT molecular complexity index is 1350. The van der Waals surface area contributed by atoms with Gasteiger partial charge in [0.15, 0.2) is 6.10 Å². The number of amides is 1. The number of hydrogen-bond donors (Lipinski definition) is 5. The molecule has 1 aliphatic rings. The number of ether oxygens (including phenoxy) is 3. The van der Waals surface area contributed by atoms with Gasteiger partial charge in [0.05, 0.1) is 19.1 Å². The topological polar surface area (TPSA) is 198 Å². The summed E-state index contributed by atoms with van der Waals surface area (Å²) < 4.78 is 35.1. The van der Waals surface area contributed by atoms with Crippen LogP contribution in [0, 0.1) is 0 Å². The lowest BCUT2D eigenvalue weighted by molar-refractivity contribution is -0.264. The minimum Gasteiger partial charge on any atom is -0.457 e. The normalized spacial score (nSPS) is 18.4. The molecule has 0 bridgehead atoms. The number of phosphoric acid groups is 1. The fourth-order valence-corrected chi connectivity index (χ4v) is 10.9. The maximum atomic E-state index is 13.6. The lowest BCUT2D eigenvalue weighted by Crippen LogP contribution is -2.66. The molecule has 0 saturated carbocycles. The number of unbranched alkanes of at least 4 members (excludes halogenated alkanes) is 40. The zero-order chi connectivity index (χ0) is 54.2. The van der Waals surface area contributed by atoms with Crippen LogP contribution < -0.4 is 5.32 Å². The Balaban J connectivity index is 2.83. The van der Waals surface area contributed by atoms with Crippen LogP contribution in [0.3, 0.4) is 0 Å². The Morgan fingerprint density at radius 3 is 1.16 bits per heavy atom. The summed E-state index contributed by atoms with van der Waals surface area (Å²) >= 11 is 0. The van der Waals surface area contributed by atoms with E-state index in [4.69, 9.17) is 18.7 Å². The maximum Gasteiger partial charge on any atom is 0.470 e. The molecule has 0 aliphatic carbocycles. The summed E-state index contributed by atoms with van der Waals surface area (Å²) in [5.41, 5.74) is 0. The molecule has 1 saturated heterocycles. The van der Waals surface area contributed by atoms with Crippen molar-refractivity contribution in [3.05, 3.63) is 0 Å². The van der Waals surface area contributed by atoms with Gasteiger partial charge in [0.2, 0.25) is 12.2 Å². The van der Waals surface area contributed by atoms with E-state index in [1.54, 1.807) is 0 Å². The van der Waals surface area contributed by atoms with Crippen LogP contribution >= 0.6 is 7.82 Å². The van der Waals surface area contributed by atoms with Crippen molar-refractivity contribution in [2.75, 3.05) is 6.61 Å². The molecule has 1 heterocycles. The van der Waals surface area contributed by atoms with Crippen LogP contribution in [-0.4, -0.2) is 81.2 Å². The highest BCUT2D eigenvalue weighted by Gasteiger charge is 2.53. The van der Waals surface area contributed by atoms with Crippen LogP contribution in [0.4, 0.5) is 0 Å². The Morgan fingerprint density at radius 2 is 0.811 bits per heavy atom. The molecule has 0 spiro atoms. The van der Waals surface area contributed by atoms with E-state index in [0.29, 0.717) is 19.3 Å². The molecular weight excluding hydrogens is 958 g/mol. The first kappa shape index (κ1) is 70.4. The number of hydrogen-bond acceptors (Lipinski definition) is 10. The van der Waals surface area contributed by atoms with Gasteiger partial charge in [-0.15, -0.1) is 0 Å². The number of aliphatic hydroxyl groups is 2. The lowest BCUT2D eigenvalue weighted by atomic mass is 9.96. The van der Waals surface area contributed by atoms with E-state index >= 15 is 0 Å². The molecular formula is C60H116NO12P. The second-order valence-electron chi connectivity index (χ2n) is 22.1. The highest BCUT2D eigenvalue weighted by atomic mass is 31.2. The molecule has 1 fully saturated rings. The number of carbonyl (C=O) groups is 3. The van der Waals surface area contributed by atoms with Gasteiger partial charge in [-0.25, -0.2) is 4.57 Å². The third kappa shape index (κ3) is 41.5. The predicted octanol–water partition coefficient (Wildman–Crippen LogP) is 15.9. The van der Waals surface area contributed by atoms with Gasteiger partial charge >= 0.3 is 19.8 Å². The molecule has 1 rings (SSSR count). The molecule has 0 radical (unpaired) electrons. The quantitative estimate of drug-likeness (QED) is 0.0220. The Hall–Kier alpha value is -1.60. The SMILES string of the molecule is CCCCCCCCCCCCCCCCCC(=O)N[C@H]1[C@@H](OC(=O)CCCCCCCCCCCCCCCCC)O[C@H](CO)[C@@H](OP(=O)(O)O)[C@@H]1OC(=O)C[C@H](O)CCCCCCCCCCCCCCC. The van der Waals surface area contributed by atoms with Gasteiger partial charge in [-0.05, 0) is 19.3 Å². The standard InChI is InChI=1S/C60H116NO12P/c1-4-7-10-13-16-19-22-25-27-30-33-36-39-42-45-48-54(64)61-57-59(71-56(66)50-52(63)47-44-41-38-35-32-29-24-21-18-15-12-9-6-3)58(73-74(67,68)69)53(51-62)70-60(57)72-55(65)49-46-43-40-37-34-31-28-26-23-20-17-14-11-8-5-2/h52-53,57-60,62-63H,4-51H2,1-3H3,(H,61,64)(H2,67,68,69)/t52-,53-,57-,58-,59-,60-/m1/s1. The van der Waals surface area contributed by atoms with Crippen LogP contribution in [-0.2, 0) is 37.7 Å². The number of phosphoric ester groups is 1. The van der Waals surface area contributed by atoms with Gasteiger partial charge in [0, 0.05) is 12.8 Å². The monoisotopic (exact) mass is 1070 g/mol. The number of carbonyl (C=O) groups excluding carboxylic acids is 3. The molecule has 0 unspecified atom stereocenters. The van der Waals surface area contributed by atoms with Gasteiger partial charge in [0.25, 0.3) is 0 Å². The van der Waals surface area contributed by atoms with Gasteiger partial charge in [0.1, 0.15) is 18.2 Å². The summed E-state index contributed by atoms with van der Waals surface area (Å²) in [6, 6.07) is -1.43. The summed E-state index contributed by atoms with van der Waals surface area (Å²) in [4.78, 5) is 60.5. The Kier molecular flexibility index (Phi) is 47.3. The van der Waals surface area contributed by atoms with Crippen molar-refractivity contribution in [1.82, 2.24) is 5.32 Å². The molecule has 13 nitrogen and oxygen atoms in total. The van der Waals surface area contributed by atoms with Crippen molar-refractivity contribution in [2.45, 2.75) is 359 Å². The summed E-state index contributed by atoms with van der Waals surface area (Å²) in [6.07, 6.45) is 43.4. The smallest absolute Gasteiger partial charge is 0.457 e. The second-order valence-corrected chi connectivity index (χ2v) is 23.3. The van der Waals surface area contributed by atoms with Crippen LogP contribution in [0.15, 0.2) is 0 Å². The summed E-state index contributed by atoms with van der Waals surface area (Å²) in [6.45, 7) is 5.90. The van der Waals surface area contributed by atoms with Crippen LogP contribution in [0.1, 0.15) is 323 Å².